The lowest BCUT2D eigenvalue weighted by Crippen LogP contribution is -2.17. The van der Waals surface area contributed by atoms with Crippen LogP contribution in [-0.4, -0.2) is 92.9 Å². The third-order valence-electron chi connectivity index (χ3n) is 6.00. The van der Waals surface area contributed by atoms with Crippen LogP contribution in [0.2, 0.25) is 0 Å². The quantitative estimate of drug-likeness (QED) is 0.110. The topological polar surface area (TPSA) is 67.4 Å². The Kier molecular flexibility index (Phi) is 34.4. The summed E-state index contributed by atoms with van der Waals surface area (Å²) in [5, 5.41) is 3.03. The Balaban J connectivity index is 3.00. The summed E-state index contributed by atoms with van der Waals surface area (Å²) in [6.07, 6.45) is 19.4. The zero-order valence-electron chi connectivity index (χ0n) is 24.0. The number of rotatable bonds is 33. The van der Waals surface area contributed by atoms with E-state index in [1.165, 1.54) is 83.5 Å². The lowest BCUT2D eigenvalue weighted by atomic mass is 10.0. The predicted molar refractivity (Wildman–Crippen MR) is 149 cm³/mol. The Morgan fingerprint density at radius 2 is 0.611 bits per heavy atom. The molecule has 0 saturated carbocycles. The van der Waals surface area contributed by atoms with Crippen molar-refractivity contribution in [2.75, 3.05) is 92.9 Å². The van der Waals surface area contributed by atoms with E-state index in [2.05, 4.69) is 12.2 Å². The van der Waals surface area contributed by atoms with Crippen LogP contribution in [0.3, 0.4) is 0 Å². The maximum atomic E-state index is 5.66. The number of likely N-dealkylation sites (N-methyl/N-ethyl adjacent to an activating group) is 1. The number of ether oxygens (including phenoxy) is 6. The summed E-state index contributed by atoms with van der Waals surface area (Å²) in [6, 6.07) is 0. The fourth-order valence-electron chi connectivity index (χ4n) is 3.77. The maximum Gasteiger partial charge on any atom is 0.0701 e. The first-order valence-electron chi connectivity index (χ1n) is 15.0. The summed E-state index contributed by atoms with van der Waals surface area (Å²) < 4.78 is 32.9. The molecule has 36 heavy (non-hydrogen) atoms. The molecule has 0 aromatic carbocycles. The highest BCUT2D eigenvalue weighted by Crippen LogP contribution is 2.12. The fraction of sp³-hybridized carbons (Fsp3) is 1.00. The number of unbranched alkanes of at least 4 members (excludes halogenated alkanes) is 13. The lowest BCUT2D eigenvalue weighted by Gasteiger charge is -2.08. The van der Waals surface area contributed by atoms with Gasteiger partial charge in [0.05, 0.1) is 72.7 Å². The molecule has 218 valence electrons. The molecule has 1 N–H and O–H groups in total. The summed E-state index contributed by atoms with van der Waals surface area (Å²) >= 11 is 0. The van der Waals surface area contributed by atoms with Crippen molar-refractivity contribution >= 4 is 0 Å². The van der Waals surface area contributed by atoms with Gasteiger partial charge in [-0.1, -0.05) is 90.4 Å². The molecular weight excluding hydrogens is 458 g/mol. The minimum Gasteiger partial charge on any atom is -0.379 e. The van der Waals surface area contributed by atoms with Gasteiger partial charge < -0.3 is 33.7 Å². The van der Waals surface area contributed by atoms with Crippen LogP contribution in [0.15, 0.2) is 0 Å². The van der Waals surface area contributed by atoms with Gasteiger partial charge >= 0.3 is 0 Å². The van der Waals surface area contributed by atoms with Crippen molar-refractivity contribution in [2.24, 2.45) is 0 Å². The van der Waals surface area contributed by atoms with Crippen LogP contribution in [0, 0.1) is 0 Å². The molecular formula is C29H61NO6. The second kappa shape index (κ2) is 34.7. The molecule has 7 heteroatoms. The van der Waals surface area contributed by atoms with E-state index in [4.69, 9.17) is 28.4 Å². The zero-order valence-corrected chi connectivity index (χ0v) is 24.0. The second-order valence-corrected chi connectivity index (χ2v) is 9.37. The second-order valence-electron chi connectivity index (χ2n) is 9.37. The van der Waals surface area contributed by atoms with Crippen LogP contribution in [0.25, 0.3) is 0 Å². The van der Waals surface area contributed by atoms with Gasteiger partial charge in [-0.25, -0.2) is 0 Å². The monoisotopic (exact) mass is 519 g/mol. The molecule has 0 aliphatic carbocycles. The Labute approximate surface area is 223 Å². The molecule has 0 saturated heterocycles. The molecule has 0 aliphatic rings. The van der Waals surface area contributed by atoms with Crippen LogP contribution in [0.4, 0.5) is 0 Å². The molecule has 7 nitrogen and oxygen atoms in total. The van der Waals surface area contributed by atoms with E-state index in [1.54, 1.807) is 0 Å². The van der Waals surface area contributed by atoms with Crippen LogP contribution in [0.5, 0.6) is 0 Å². The van der Waals surface area contributed by atoms with Crippen LogP contribution in [-0.2, 0) is 28.4 Å². The Morgan fingerprint density at radius 1 is 0.333 bits per heavy atom. The standard InChI is InChI=1S/C29H61NO6/c1-3-4-5-6-7-8-9-10-11-12-13-14-15-16-18-31-20-22-33-24-26-35-28-29-36-27-25-34-23-21-32-19-17-30-2/h30H,3-29H2,1-2H3. The van der Waals surface area contributed by atoms with Crippen molar-refractivity contribution in [3.63, 3.8) is 0 Å². The highest BCUT2D eigenvalue weighted by atomic mass is 16.6. The van der Waals surface area contributed by atoms with E-state index >= 15 is 0 Å². The first-order valence-corrected chi connectivity index (χ1v) is 15.0. The molecule has 0 aliphatic heterocycles. The van der Waals surface area contributed by atoms with E-state index in [0.717, 1.165) is 19.6 Å². The minimum atomic E-state index is 0.574. The molecule has 0 spiro atoms. The molecule has 0 amide bonds. The largest absolute Gasteiger partial charge is 0.379 e. The average Bonchev–Trinajstić information content (AvgIpc) is 2.89. The van der Waals surface area contributed by atoms with E-state index in [0.29, 0.717) is 72.7 Å². The molecule has 0 atom stereocenters. The van der Waals surface area contributed by atoms with E-state index in [9.17, 15) is 0 Å². The van der Waals surface area contributed by atoms with Crippen LogP contribution in [0.1, 0.15) is 96.8 Å². The Hall–Kier alpha value is -0.280. The first kappa shape index (κ1) is 35.7. The average molecular weight is 520 g/mol. The third kappa shape index (κ3) is 33.7. The SMILES string of the molecule is CCCCCCCCCCCCCCCCOCCOCCOCCOCCOCCOCCNC. The van der Waals surface area contributed by atoms with Crippen LogP contribution >= 0.6 is 0 Å². The third-order valence-corrected chi connectivity index (χ3v) is 6.00. The number of hydrogen-bond donors (Lipinski definition) is 1. The van der Waals surface area contributed by atoms with E-state index in [1.807, 2.05) is 7.05 Å². The van der Waals surface area contributed by atoms with Crippen molar-refractivity contribution in [3.8, 4) is 0 Å². The van der Waals surface area contributed by atoms with Crippen molar-refractivity contribution in [2.45, 2.75) is 96.8 Å². The highest BCUT2D eigenvalue weighted by Gasteiger charge is 1.96. The van der Waals surface area contributed by atoms with Gasteiger partial charge in [0.2, 0.25) is 0 Å². The van der Waals surface area contributed by atoms with E-state index < -0.39 is 0 Å². The molecule has 0 fully saturated rings. The summed E-state index contributed by atoms with van der Waals surface area (Å²) in [6.45, 7) is 10.7. The Bertz CT molecular complexity index is 342. The van der Waals surface area contributed by atoms with Gasteiger partial charge in [-0.3, -0.25) is 0 Å². The maximum absolute atomic E-state index is 5.66. The molecule has 0 bridgehead atoms. The molecule has 0 radical (unpaired) electrons. The van der Waals surface area contributed by atoms with Crippen molar-refractivity contribution < 1.29 is 28.4 Å². The normalized spacial score (nSPS) is 11.5. The molecule has 0 aromatic rings. The molecule has 0 heterocycles. The van der Waals surface area contributed by atoms with E-state index in [-0.39, 0.29) is 0 Å². The molecule has 0 aromatic heterocycles. The summed E-state index contributed by atoms with van der Waals surface area (Å²) in [4.78, 5) is 0. The summed E-state index contributed by atoms with van der Waals surface area (Å²) in [5.74, 6) is 0. The summed E-state index contributed by atoms with van der Waals surface area (Å²) in [7, 11) is 1.91. The van der Waals surface area contributed by atoms with Crippen molar-refractivity contribution in [3.05, 3.63) is 0 Å². The van der Waals surface area contributed by atoms with Gasteiger partial charge in [0.25, 0.3) is 0 Å². The van der Waals surface area contributed by atoms with Gasteiger partial charge in [0.15, 0.2) is 0 Å². The van der Waals surface area contributed by atoms with Crippen molar-refractivity contribution in [1.82, 2.24) is 5.32 Å². The highest BCUT2D eigenvalue weighted by molar-refractivity contribution is 4.49. The zero-order chi connectivity index (χ0) is 26.0. The summed E-state index contributed by atoms with van der Waals surface area (Å²) in [5.41, 5.74) is 0. The van der Waals surface area contributed by atoms with Crippen LogP contribution < -0.4 is 5.32 Å². The minimum absolute atomic E-state index is 0.574. The number of nitrogens with one attached hydrogen (secondary N) is 1. The van der Waals surface area contributed by atoms with Gasteiger partial charge in [-0.2, -0.15) is 0 Å². The fourth-order valence-corrected chi connectivity index (χ4v) is 3.77. The van der Waals surface area contributed by atoms with Gasteiger partial charge in [-0.15, -0.1) is 0 Å². The first-order chi connectivity index (χ1) is 17.9. The number of hydrogen-bond acceptors (Lipinski definition) is 7. The van der Waals surface area contributed by atoms with Gasteiger partial charge in [0, 0.05) is 13.2 Å². The lowest BCUT2D eigenvalue weighted by molar-refractivity contribution is -0.0166. The van der Waals surface area contributed by atoms with Gasteiger partial charge in [-0.05, 0) is 13.5 Å². The predicted octanol–water partition coefficient (Wildman–Crippen LogP) is 5.79. The van der Waals surface area contributed by atoms with Crippen molar-refractivity contribution in [1.29, 1.82) is 0 Å². The molecule has 0 unspecified atom stereocenters. The smallest absolute Gasteiger partial charge is 0.0701 e. The van der Waals surface area contributed by atoms with Gasteiger partial charge in [0.1, 0.15) is 0 Å². The Morgan fingerprint density at radius 3 is 0.944 bits per heavy atom. The molecule has 0 rings (SSSR count).